The number of aromatic nitrogens is 2. The highest BCUT2D eigenvalue weighted by Gasteiger charge is 2.22. The van der Waals surface area contributed by atoms with E-state index in [2.05, 4.69) is 492 Å². The molecule has 0 bridgehead atoms. The van der Waals surface area contributed by atoms with Gasteiger partial charge < -0.3 is 18.9 Å². The van der Waals surface area contributed by atoms with Crippen LogP contribution in [-0.4, -0.2) is 9.13 Å². The fourth-order valence-electron chi connectivity index (χ4n) is 18.4. The monoisotopic (exact) mass is 1530 g/mol. The van der Waals surface area contributed by atoms with Gasteiger partial charge in [-0.2, -0.15) is 0 Å². The van der Waals surface area contributed by atoms with Crippen LogP contribution in [0.1, 0.15) is 0 Å². The minimum atomic E-state index is 1.08. The van der Waals surface area contributed by atoms with Gasteiger partial charge in [0.15, 0.2) is 0 Å². The molecule has 0 saturated heterocycles. The van der Waals surface area contributed by atoms with Gasteiger partial charge in [-0.05, 0) is 242 Å². The van der Waals surface area contributed by atoms with Crippen molar-refractivity contribution in [2.24, 2.45) is 0 Å². The summed E-state index contributed by atoms with van der Waals surface area (Å²) in [5.41, 5.74) is 28.1. The maximum atomic E-state index is 2.39. The quantitative estimate of drug-likeness (QED) is 0.101. The van der Waals surface area contributed by atoms with Gasteiger partial charge in [0.1, 0.15) is 0 Å². The van der Waals surface area contributed by atoms with Crippen molar-refractivity contribution < 1.29 is 0 Å². The zero-order chi connectivity index (χ0) is 79.4. The Morgan fingerprint density at radius 2 is 0.392 bits per heavy atom. The Balaban J connectivity index is 0.000000144. The molecule has 4 heteroatoms. The van der Waals surface area contributed by atoms with E-state index < -0.39 is 0 Å². The number of benzene rings is 21. The van der Waals surface area contributed by atoms with Crippen molar-refractivity contribution in [2.45, 2.75) is 0 Å². The van der Waals surface area contributed by atoms with Gasteiger partial charge in [0.2, 0.25) is 0 Å². The van der Waals surface area contributed by atoms with Gasteiger partial charge in [-0.15, -0.1) is 0 Å². The first kappa shape index (κ1) is 70.7. The van der Waals surface area contributed by atoms with Crippen molar-refractivity contribution in [3.63, 3.8) is 0 Å². The zero-order valence-electron chi connectivity index (χ0n) is 65.8. The molecule has 0 atom stereocenters. The van der Waals surface area contributed by atoms with Gasteiger partial charge >= 0.3 is 0 Å². The van der Waals surface area contributed by atoms with E-state index in [1.807, 2.05) is 0 Å². The van der Waals surface area contributed by atoms with Crippen molar-refractivity contribution in [2.75, 3.05) is 9.80 Å². The molecule has 0 aliphatic carbocycles. The SMILES string of the molecule is c1cc(N(c2ccc(-c3ccc(-c4cccc5ccccc45)cc3)cc2)c2ccc(-c3cc4ccccc4c4ccccc34)cc2)cc(-n2c3ccccc3c3ccccc32)c1.c1ccc(-c2ccc(-c3ccc(N(c4ccc(-c5cc6ccccc6c6ccccc56)cc4)c4cccc(-n5c6ccccc6c6ccccc65)c4)cc3)cc2)cc1. The van der Waals surface area contributed by atoms with Crippen LogP contribution in [0.5, 0.6) is 0 Å². The Hall–Kier alpha value is -15.9. The summed E-state index contributed by atoms with van der Waals surface area (Å²) in [6.45, 7) is 0. The van der Waals surface area contributed by atoms with E-state index in [9.17, 15) is 0 Å². The zero-order valence-corrected chi connectivity index (χ0v) is 65.8. The standard InChI is InChI=1S/C60H40N2.C56H38N2/c1-3-18-51-43(13-1)15-11-24-52(51)44-29-27-41(28-30-44)42-31-35-47(36-32-42)61(49-16-12-17-50(40-49)62-59-25-9-7-22-56(59)57-23-8-10-26-60(57)62)48-37-33-45(34-38-48)58-39-46-14-2-4-19-53(46)54-20-5-6-21-55(54)58;1-2-13-39(14-3-1)40-25-27-41(28-26-40)42-29-33-45(34-30-42)57(47-16-12-17-48(38-47)58-55-23-10-8-21-52(55)53-22-9-11-24-56(53)58)46-35-31-43(32-36-46)54-37-44-15-4-5-18-49(44)50-19-6-7-20-51(50)54/h1-40H;1-38H. The fourth-order valence-corrected chi connectivity index (χ4v) is 18.4. The molecule has 0 N–H and O–H groups in total. The number of nitrogens with zero attached hydrogens (tertiary/aromatic N) is 4. The van der Waals surface area contributed by atoms with E-state index in [4.69, 9.17) is 0 Å². The molecule has 21 aromatic carbocycles. The second-order valence-corrected chi connectivity index (χ2v) is 31.1. The van der Waals surface area contributed by atoms with E-state index in [0.717, 1.165) is 45.5 Å². The van der Waals surface area contributed by atoms with Crippen LogP contribution in [0.4, 0.5) is 34.1 Å². The van der Waals surface area contributed by atoms with Crippen LogP contribution in [-0.2, 0) is 0 Å². The van der Waals surface area contributed by atoms with Crippen LogP contribution in [0.15, 0.2) is 473 Å². The molecule has 0 fully saturated rings. The molecule has 0 aliphatic rings. The number of rotatable bonds is 14. The van der Waals surface area contributed by atoms with Crippen LogP contribution in [0.3, 0.4) is 0 Å². The molecule has 2 aromatic heterocycles. The van der Waals surface area contributed by atoms with Crippen molar-refractivity contribution >= 4 is 132 Å². The van der Waals surface area contributed by atoms with E-state index in [1.165, 1.54) is 164 Å². The molecule has 0 aliphatic heterocycles. The summed E-state index contributed by atoms with van der Waals surface area (Å²) in [5, 5.41) is 17.7. The van der Waals surface area contributed by atoms with Crippen molar-refractivity contribution in [1.29, 1.82) is 0 Å². The minimum Gasteiger partial charge on any atom is -0.310 e. The summed E-state index contributed by atoms with van der Waals surface area (Å²) in [7, 11) is 0. The molecular weight excluding hydrogens is 1450 g/mol. The predicted octanol–water partition coefficient (Wildman–Crippen LogP) is 32.3. The molecule has 0 radical (unpaired) electrons. The smallest absolute Gasteiger partial charge is 0.0541 e. The number of hydrogen-bond donors (Lipinski definition) is 0. The minimum absolute atomic E-state index is 1.08. The molecule has 0 amide bonds. The van der Waals surface area contributed by atoms with Gasteiger partial charge in [0, 0.05) is 67.0 Å². The van der Waals surface area contributed by atoms with Crippen molar-refractivity contribution in [3.05, 3.63) is 473 Å². The number of fused-ring (bicyclic) bond motifs is 13. The van der Waals surface area contributed by atoms with E-state index >= 15 is 0 Å². The van der Waals surface area contributed by atoms with Gasteiger partial charge in [0.05, 0.1) is 22.1 Å². The molecule has 562 valence electrons. The molecule has 0 spiro atoms. The number of para-hydroxylation sites is 4. The van der Waals surface area contributed by atoms with Crippen LogP contribution >= 0.6 is 0 Å². The Kier molecular flexibility index (Phi) is 17.9. The van der Waals surface area contributed by atoms with Gasteiger partial charge in [-0.25, -0.2) is 0 Å². The lowest BCUT2D eigenvalue weighted by atomic mass is 9.93. The molecule has 23 aromatic rings. The first-order valence-corrected chi connectivity index (χ1v) is 41.3. The Labute approximate surface area is 697 Å². The first-order valence-electron chi connectivity index (χ1n) is 41.3. The highest BCUT2D eigenvalue weighted by molar-refractivity contribution is 6.16. The lowest BCUT2D eigenvalue weighted by Crippen LogP contribution is -2.10. The van der Waals surface area contributed by atoms with Crippen LogP contribution < -0.4 is 9.80 Å². The number of anilines is 6. The topological polar surface area (TPSA) is 16.3 Å². The second kappa shape index (κ2) is 30.4. The molecular formula is C116H78N4. The lowest BCUT2D eigenvalue weighted by molar-refractivity contribution is 1.17. The second-order valence-electron chi connectivity index (χ2n) is 31.1. The predicted molar refractivity (Wildman–Crippen MR) is 511 cm³/mol. The molecule has 120 heavy (non-hydrogen) atoms. The molecule has 2 heterocycles. The van der Waals surface area contributed by atoms with Crippen LogP contribution in [0.2, 0.25) is 0 Å². The van der Waals surface area contributed by atoms with Crippen molar-refractivity contribution in [3.8, 4) is 78.1 Å². The third-order valence-electron chi connectivity index (χ3n) is 24.2. The van der Waals surface area contributed by atoms with E-state index in [1.54, 1.807) is 0 Å². The first-order chi connectivity index (χ1) is 59.5. The van der Waals surface area contributed by atoms with Crippen molar-refractivity contribution in [1.82, 2.24) is 9.13 Å². The highest BCUT2D eigenvalue weighted by Crippen LogP contribution is 2.46. The number of hydrogen-bond acceptors (Lipinski definition) is 2. The molecule has 0 saturated carbocycles. The van der Waals surface area contributed by atoms with E-state index in [0.29, 0.717) is 0 Å². The van der Waals surface area contributed by atoms with Gasteiger partial charge in [0.25, 0.3) is 0 Å². The largest absolute Gasteiger partial charge is 0.310 e. The van der Waals surface area contributed by atoms with Gasteiger partial charge in [-0.1, -0.05) is 352 Å². The average Bonchev–Trinajstić information content (AvgIpc) is 1.71. The summed E-state index contributed by atoms with van der Waals surface area (Å²) in [6, 6.07) is 172. The Morgan fingerprint density at radius 3 is 0.775 bits per heavy atom. The summed E-state index contributed by atoms with van der Waals surface area (Å²) in [5.74, 6) is 0. The van der Waals surface area contributed by atoms with Crippen LogP contribution in [0, 0.1) is 0 Å². The maximum Gasteiger partial charge on any atom is 0.0541 e. The van der Waals surface area contributed by atoms with Gasteiger partial charge in [-0.3, -0.25) is 0 Å². The Bertz CT molecular complexity index is 7680. The summed E-state index contributed by atoms with van der Waals surface area (Å²) < 4.78 is 4.79. The molecule has 4 nitrogen and oxygen atoms in total. The summed E-state index contributed by atoms with van der Waals surface area (Å²) >= 11 is 0. The molecule has 23 rings (SSSR count). The van der Waals surface area contributed by atoms with E-state index in [-0.39, 0.29) is 0 Å². The Morgan fingerprint density at radius 1 is 0.133 bits per heavy atom. The average molecular weight is 1530 g/mol. The maximum absolute atomic E-state index is 2.39. The summed E-state index contributed by atoms with van der Waals surface area (Å²) in [4.78, 5) is 4.76. The fraction of sp³-hybridized carbons (Fsp3) is 0. The highest BCUT2D eigenvalue weighted by atomic mass is 15.2. The normalized spacial score (nSPS) is 11.5. The molecule has 0 unspecified atom stereocenters. The summed E-state index contributed by atoms with van der Waals surface area (Å²) in [6.07, 6.45) is 0. The third kappa shape index (κ3) is 12.8. The lowest BCUT2D eigenvalue weighted by Gasteiger charge is -2.27. The van der Waals surface area contributed by atoms with Crippen LogP contribution in [0.25, 0.3) is 176 Å². The third-order valence-corrected chi connectivity index (χ3v) is 24.2.